The number of hydrogen-bond donors (Lipinski definition) is 0. The summed E-state index contributed by atoms with van der Waals surface area (Å²) >= 11 is 0. The Labute approximate surface area is 74.9 Å². The van der Waals surface area contributed by atoms with Crippen molar-refractivity contribution in [2.75, 3.05) is 0 Å². The lowest BCUT2D eigenvalue weighted by Gasteiger charge is -2.19. The van der Waals surface area contributed by atoms with E-state index in [9.17, 15) is 4.79 Å². The summed E-state index contributed by atoms with van der Waals surface area (Å²) < 4.78 is 0. The van der Waals surface area contributed by atoms with Crippen molar-refractivity contribution in [2.45, 2.75) is 40.0 Å². The molecule has 1 rings (SSSR count). The zero-order valence-electron chi connectivity index (χ0n) is 8.26. The molecule has 0 bridgehead atoms. The van der Waals surface area contributed by atoms with Crippen molar-refractivity contribution in [3.8, 4) is 0 Å². The Bertz CT molecular complexity index is 188. The predicted octanol–water partition coefficient (Wildman–Crippen LogP) is 2.96. The van der Waals surface area contributed by atoms with Gasteiger partial charge >= 0.3 is 0 Å². The zero-order valence-corrected chi connectivity index (χ0v) is 8.26. The van der Waals surface area contributed by atoms with Crippen molar-refractivity contribution in [3.05, 3.63) is 12.2 Å². The lowest BCUT2D eigenvalue weighted by molar-refractivity contribution is -0.124. The molecule has 0 unspecified atom stereocenters. The molecule has 1 nitrogen and oxygen atoms in total. The molecule has 0 amide bonds. The van der Waals surface area contributed by atoms with Gasteiger partial charge in [0.2, 0.25) is 0 Å². The third kappa shape index (κ3) is 2.80. The smallest absolute Gasteiger partial charge is 0.137 e. The van der Waals surface area contributed by atoms with E-state index in [1.807, 2.05) is 0 Å². The minimum Gasteiger partial charge on any atom is -0.299 e. The molecule has 1 aliphatic rings. The molecule has 0 aromatic carbocycles. The van der Waals surface area contributed by atoms with E-state index < -0.39 is 0 Å². The number of hydrogen-bond acceptors (Lipinski definition) is 1. The first-order chi connectivity index (χ1) is 5.49. The summed E-state index contributed by atoms with van der Waals surface area (Å²) in [5.74, 6) is 0.733. The largest absolute Gasteiger partial charge is 0.299 e. The van der Waals surface area contributed by atoms with Crippen LogP contribution >= 0.6 is 0 Å². The highest BCUT2D eigenvalue weighted by Gasteiger charge is 2.23. The molecule has 1 heteroatoms. The van der Waals surface area contributed by atoms with E-state index in [2.05, 4.69) is 32.9 Å². The summed E-state index contributed by atoms with van der Waals surface area (Å²) in [5.41, 5.74) is 0.152. The van der Waals surface area contributed by atoms with Gasteiger partial charge in [0.05, 0.1) is 0 Å². The van der Waals surface area contributed by atoms with Crippen LogP contribution < -0.4 is 0 Å². The SMILES string of the molecule is CC(C)(C)CC(=O)C1CC=CC1. The Morgan fingerprint density at radius 3 is 2.25 bits per heavy atom. The minimum absolute atomic E-state index is 0.152. The zero-order chi connectivity index (χ0) is 9.19. The maximum Gasteiger partial charge on any atom is 0.137 e. The summed E-state index contributed by atoms with van der Waals surface area (Å²) in [5, 5.41) is 0. The third-order valence-electron chi connectivity index (χ3n) is 2.17. The maximum absolute atomic E-state index is 11.6. The van der Waals surface area contributed by atoms with Gasteiger partial charge in [-0.25, -0.2) is 0 Å². The monoisotopic (exact) mass is 166 g/mol. The fourth-order valence-corrected chi connectivity index (χ4v) is 1.55. The van der Waals surface area contributed by atoms with Gasteiger partial charge in [-0.3, -0.25) is 4.79 Å². The van der Waals surface area contributed by atoms with Crippen LogP contribution in [0.5, 0.6) is 0 Å². The average molecular weight is 166 g/mol. The summed E-state index contributed by atoms with van der Waals surface area (Å²) in [6.45, 7) is 6.36. The van der Waals surface area contributed by atoms with Gasteiger partial charge in [-0.15, -0.1) is 0 Å². The fraction of sp³-hybridized carbons (Fsp3) is 0.727. The molecule has 1 aliphatic carbocycles. The lowest BCUT2D eigenvalue weighted by Crippen LogP contribution is -2.19. The van der Waals surface area contributed by atoms with Gasteiger partial charge < -0.3 is 0 Å². The first-order valence-corrected chi connectivity index (χ1v) is 4.67. The normalized spacial score (nSPS) is 18.6. The van der Waals surface area contributed by atoms with Gasteiger partial charge in [0.25, 0.3) is 0 Å². The van der Waals surface area contributed by atoms with Crippen LogP contribution in [0.4, 0.5) is 0 Å². The highest BCUT2D eigenvalue weighted by molar-refractivity contribution is 5.82. The second kappa shape index (κ2) is 3.42. The van der Waals surface area contributed by atoms with Crippen molar-refractivity contribution in [1.82, 2.24) is 0 Å². The van der Waals surface area contributed by atoms with Crippen LogP contribution in [0.2, 0.25) is 0 Å². The van der Waals surface area contributed by atoms with E-state index in [-0.39, 0.29) is 5.41 Å². The van der Waals surface area contributed by atoms with Crippen LogP contribution in [0.15, 0.2) is 12.2 Å². The highest BCUT2D eigenvalue weighted by Crippen LogP contribution is 2.26. The quantitative estimate of drug-likeness (QED) is 0.576. The number of carbonyl (C=O) groups excluding carboxylic acids is 1. The molecule has 0 fully saturated rings. The molecule has 0 aromatic heterocycles. The Morgan fingerprint density at radius 1 is 1.33 bits per heavy atom. The Morgan fingerprint density at radius 2 is 1.83 bits per heavy atom. The predicted molar refractivity (Wildman–Crippen MR) is 50.9 cm³/mol. The van der Waals surface area contributed by atoms with Gasteiger partial charge in [-0.05, 0) is 18.3 Å². The Kier molecular flexibility index (Phi) is 2.71. The number of Topliss-reactive ketones (excluding diaryl/α,β-unsaturated/α-hetero) is 1. The first-order valence-electron chi connectivity index (χ1n) is 4.67. The summed E-state index contributed by atoms with van der Waals surface area (Å²) in [7, 11) is 0. The van der Waals surface area contributed by atoms with Crippen molar-refractivity contribution in [1.29, 1.82) is 0 Å². The molecule has 0 atom stereocenters. The number of allylic oxidation sites excluding steroid dienone is 2. The van der Waals surface area contributed by atoms with E-state index in [0.29, 0.717) is 11.7 Å². The van der Waals surface area contributed by atoms with E-state index in [1.54, 1.807) is 0 Å². The van der Waals surface area contributed by atoms with Crippen LogP contribution in [0, 0.1) is 11.3 Å². The molecule has 0 spiro atoms. The van der Waals surface area contributed by atoms with Gasteiger partial charge in [0.15, 0.2) is 0 Å². The molecule has 12 heavy (non-hydrogen) atoms. The third-order valence-corrected chi connectivity index (χ3v) is 2.17. The second-order valence-corrected chi connectivity index (χ2v) is 4.84. The molecule has 0 N–H and O–H groups in total. The van der Waals surface area contributed by atoms with Crippen molar-refractivity contribution in [2.24, 2.45) is 11.3 Å². The topological polar surface area (TPSA) is 17.1 Å². The molecular formula is C11H18O. The van der Waals surface area contributed by atoms with Crippen LogP contribution in [-0.4, -0.2) is 5.78 Å². The summed E-state index contributed by atoms with van der Waals surface area (Å²) in [4.78, 5) is 11.6. The van der Waals surface area contributed by atoms with Crippen LogP contribution in [0.3, 0.4) is 0 Å². The molecule has 0 radical (unpaired) electrons. The van der Waals surface area contributed by atoms with E-state index in [0.717, 1.165) is 19.3 Å². The van der Waals surface area contributed by atoms with E-state index in [4.69, 9.17) is 0 Å². The van der Waals surface area contributed by atoms with Crippen molar-refractivity contribution >= 4 is 5.78 Å². The lowest BCUT2D eigenvalue weighted by atomic mass is 9.85. The molecule has 0 saturated heterocycles. The van der Waals surface area contributed by atoms with E-state index in [1.165, 1.54) is 0 Å². The molecule has 68 valence electrons. The highest BCUT2D eigenvalue weighted by atomic mass is 16.1. The number of ketones is 1. The van der Waals surface area contributed by atoms with Crippen LogP contribution in [0.25, 0.3) is 0 Å². The maximum atomic E-state index is 11.6. The summed E-state index contributed by atoms with van der Waals surface area (Å²) in [6.07, 6.45) is 6.89. The van der Waals surface area contributed by atoms with Crippen LogP contribution in [0.1, 0.15) is 40.0 Å². The van der Waals surface area contributed by atoms with Gasteiger partial charge in [-0.2, -0.15) is 0 Å². The van der Waals surface area contributed by atoms with Crippen molar-refractivity contribution in [3.63, 3.8) is 0 Å². The van der Waals surface area contributed by atoms with Crippen LogP contribution in [-0.2, 0) is 4.79 Å². The van der Waals surface area contributed by atoms with Gasteiger partial charge in [-0.1, -0.05) is 32.9 Å². The molecule has 0 saturated carbocycles. The fourth-order valence-electron chi connectivity index (χ4n) is 1.55. The molecule has 0 aliphatic heterocycles. The summed E-state index contributed by atoms with van der Waals surface area (Å²) in [6, 6.07) is 0. The minimum atomic E-state index is 0.152. The number of rotatable bonds is 2. The standard InChI is InChI=1S/C11H18O/c1-11(2,3)8-10(12)9-6-4-5-7-9/h4-5,9H,6-8H2,1-3H3. The number of carbonyl (C=O) groups is 1. The Hall–Kier alpha value is -0.590. The molecular weight excluding hydrogens is 148 g/mol. The molecule has 0 heterocycles. The molecule has 0 aromatic rings. The van der Waals surface area contributed by atoms with Crippen molar-refractivity contribution < 1.29 is 4.79 Å². The average Bonchev–Trinajstić information content (AvgIpc) is 2.32. The Balaban J connectivity index is 2.39. The van der Waals surface area contributed by atoms with Gasteiger partial charge in [0, 0.05) is 12.3 Å². The van der Waals surface area contributed by atoms with Gasteiger partial charge in [0.1, 0.15) is 5.78 Å². The van der Waals surface area contributed by atoms with E-state index >= 15 is 0 Å². The second-order valence-electron chi connectivity index (χ2n) is 4.84. The first kappa shape index (κ1) is 9.50.